The summed E-state index contributed by atoms with van der Waals surface area (Å²) in [5, 5.41) is 4.18. The third-order valence-corrected chi connectivity index (χ3v) is 3.44. The second kappa shape index (κ2) is 6.85. The molecule has 0 saturated carbocycles. The van der Waals surface area contributed by atoms with Crippen LogP contribution in [0.5, 0.6) is 5.75 Å². The summed E-state index contributed by atoms with van der Waals surface area (Å²) < 4.78 is 8.72. The predicted octanol–water partition coefficient (Wildman–Crippen LogP) is 3.05. The van der Waals surface area contributed by atoms with Crippen LogP contribution in [0.4, 0.5) is 0 Å². The van der Waals surface area contributed by atoms with Gasteiger partial charge in [-0.2, -0.15) is 5.10 Å². The monoisotopic (exact) mass is 338 g/mol. The molecule has 6 heteroatoms. The first-order valence-corrected chi connectivity index (χ1v) is 7.45. The SMILES string of the molecule is CCCn1ncnc1COc1ccc(Br)cc1C(C)N. The van der Waals surface area contributed by atoms with E-state index in [1.807, 2.05) is 29.8 Å². The van der Waals surface area contributed by atoms with E-state index in [9.17, 15) is 0 Å². The van der Waals surface area contributed by atoms with Crippen LogP contribution in [0.1, 0.15) is 37.7 Å². The Kier molecular flexibility index (Phi) is 5.14. The van der Waals surface area contributed by atoms with Crippen LogP contribution < -0.4 is 10.5 Å². The van der Waals surface area contributed by atoms with Crippen LogP contribution in [-0.4, -0.2) is 14.8 Å². The number of benzene rings is 1. The topological polar surface area (TPSA) is 66.0 Å². The van der Waals surface area contributed by atoms with Gasteiger partial charge in [0.05, 0.1) is 0 Å². The highest BCUT2D eigenvalue weighted by molar-refractivity contribution is 9.10. The lowest BCUT2D eigenvalue weighted by molar-refractivity contribution is 0.282. The zero-order valence-electron chi connectivity index (χ0n) is 11.7. The number of nitrogens with zero attached hydrogens (tertiary/aromatic N) is 3. The van der Waals surface area contributed by atoms with Crippen molar-refractivity contribution in [3.63, 3.8) is 0 Å². The zero-order chi connectivity index (χ0) is 14.5. The molecular weight excluding hydrogens is 320 g/mol. The second-order valence-electron chi connectivity index (χ2n) is 4.66. The van der Waals surface area contributed by atoms with Crippen LogP contribution in [0.15, 0.2) is 29.0 Å². The molecule has 2 N–H and O–H groups in total. The summed E-state index contributed by atoms with van der Waals surface area (Å²) >= 11 is 3.45. The van der Waals surface area contributed by atoms with Crippen molar-refractivity contribution in [2.24, 2.45) is 5.73 Å². The van der Waals surface area contributed by atoms with Crippen LogP contribution in [0.2, 0.25) is 0 Å². The molecule has 0 spiro atoms. The summed E-state index contributed by atoms with van der Waals surface area (Å²) in [6, 6.07) is 5.76. The van der Waals surface area contributed by atoms with Gasteiger partial charge in [-0.25, -0.2) is 9.67 Å². The molecule has 0 bridgehead atoms. The first-order chi connectivity index (χ1) is 9.61. The standard InChI is InChI=1S/C14H19BrN4O/c1-3-6-19-14(17-9-18-19)8-20-13-5-4-11(15)7-12(13)10(2)16/h4-5,7,9-10H,3,6,8,16H2,1-2H3. The zero-order valence-corrected chi connectivity index (χ0v) is 13.3. The molecule has 2 rings (SSSR count). The summed E-state index contributed by atoms with van der Waals surface area (Å²) in [7, 11) is 0. The van der Waals surface area contributed by atoms with Gasteiger partial charge < -0.3 is 10.5 Å². The normalized spacial score (nSPS) is 12.4. The maximum Gasteiger partial charge on any atom is 0.164 e. The second-order valence-corrected chi connectivity index (χ2v) is 5.57. The highest BCUT2D eigenvalue weighted by Gasteiger charge is 2.11. The van der Waals surface area contributed by atoms with Crippen molar-refractivity contribution in [3.8, 4) is 5.75 Å². The molecule has 108 valence electrons. The molecule has 5 nitrogen and oxygen atoms in total. The van der Waals surface area contributed by atoms with Gasteiger partial charge in [-0.3, -0.25) is 0 Å². The van der Waals surface area contributed by atoms with Gasteiger partial charge >= 0.3 is 0 Å². The summed E-state index contributed by atoms with van der Waals surface area (Å²) in [6.07, 6.45) is 2.57. The van der Waals surface area contributed by atoms with E-state index in [2.05, 4.69) is 32.9 Å². The number of ether oxygens (including phenoxy) is 1. The van der Waals surface area contributed by atoms with Crippen LogP contribution in [0, 0.1) is 0 Å². The predicted molar refractivity (Wildman–Crippen MR) is 81.4 cm³/mol. The van der Waals surface area contributed by atoms with E-state index >= 15 is 0 Å². The lowest BCUT2D eigenvalue weighted by Crippen LogP contribution is -2.11. The maximum absolute atomic E-state index is 5.98. The molecule has 0 fully saturated rings. The molecule has 0 saturated heterocycles. The number of rotatable bonds is 6. The molecule has 0 aliphatic heterocycles. The lowest BCUT2D eigenvalue weighted by atomic mass is 10.1. The molecule has 1 unspecified atom stereocenters. The number of nitrogens with two attached hydrogens (primary N) is 1. The first-order valence-electron chi connectivity index (χ1n) is 6.66. The Bertz CT molecular complexity index is 568. The Morgan fingerprint density at radius 1 is 1.45 bits per heavy atom. The molecule has 1 heterocycles. The van der Waals surface area contributed by atoms with Gasteiger partial charge in [0, 0.05) is 22.6 Å². The van der Waals surface area contributed by atoms with Crippen molar-refractivity contribution < 1.29 is 4.74 Å². The van der Waals surface area contributed by atoms with E-state index < -0.39 is 0 Å². The van der Waals surface area contributed by atoms with Gasteiger partial charge in [0.2, 0.25) is 0 Å². The molecule has 0 amide bonds. The smallest absolute Gasteiger partial charge is 0.164 e. The molecule has 1 atom stereocenters. The lowest BCUT2D eigenvalue weighted by Gasteiger charge is -2.14. The molecular formula is C14H19BrN4O. The quantitative estimate of drug-likeness (QED) is 0.878. The van der Waals surface area contributed by atoms with Gasteiger partial charge in [0.1, 0.15) is 18.7 Å². The van der Waals surface area contributed by atoms with Gasteiger partial charge in [-0.1, -0.05) is 22.9 Å². The van der Waals surface area contributed by atoms with Crippen LogP contribution >= 0.6 is 15.9 Å². The Balaban J connectivity index is 2.12. The minimum Gasteiger partial charge on any atom is -0.485 e. The van der Waals surface area contributed by atoms with Crippen molar-refractivity contribution in [3.05, 3.63) is 40.4 Å². The van der Waals surface area contributed by atoms with Crippen LogP contribution in [0.3, 0.4) is 0 Å². The number of hydrogen-bond acceptors (Lipinski definition) is 4. The van der Waals surface area contributed by atoms with Gasteiger partial charge in [-0.15, -0.1) is 0 Å². The van der Waals surface area contributed by atoms with E-state index in [0.717, 1.165) is 34.6 Å². The summed E-state index contributed by atoms with van der Waals surface area (Å²) in [5.74, 6) is 1.61. The minimum atomic E-state index is -0.0870. The van der Waals surface area contributed by atoms with Crippen molar-refractivity contribution >= 4 is 15.9 Å². The average Bonchev–Trinajstić information content (AvgIpc) is 2.85. The summed E-state index contributed by atoms with van der Waals surface area (Å²) in [5.41, 5.74) is 6.95. The third kappa shape index (κ3) is 3.58. The Morgan fingerprint density at radius 3 is 2.95 bits per heavy atom. The van der Waals surface area contributed by atoms with Crippen molar-refractivity contribution in [2.75, 3.05) is 0 Å². The van der Waals surface area contributed by atoms with E-state index in [-0.39, 0.29) is 6.04 Å². The molecule has 0 radical (unpaired) electrons. The summed E-state index contributed by atoms with van der Waals surface area (Å²) in [6.45, 7) is 5.28. The van der Waals surface area contributed by atoms with Gasteiger partial charge in [0.15, 0.2) is 5.82 Å². The molecule has 0 aliphatic rings. The molecule has 20 heavy (non-hydrogen) atoms. The Morgan fingerprint density at radius 2 is 2.25 bits per heavy atom. The van der Waals surface area contributed by atoms with Crippen molar-refractivity contribution in [2.45, 2.75) is 39.5 Å². The summed E-state index contributed by atoms with van der Waals surface area (Å²) in [4.78, 5) is 4.23. The molecule has 2 aromatic rings. The van der Waals surface area contributed by atoms with Crippen molar-refractivity contribution in [1.82, 2.24) is 14.8 Å². The molecule has 1 aromatic heterocycles. The minimum absolute atomic E-state index is 0.0870. The number of aryl methyl sites for hydroxylation is 1. The fraction of sp³-hybridized carbons (Fsp3) is 0.429. The Labute approximate surface area is 127 Å². The van der Waals surface area contributed by atoms with Gasteiger partial charge in [0.25, 0.3) is 0 Å². The Hall–Kier alpha value is -1.40. The van der Waals surface area contributed by atoms with E-state index in [1.54, 1.807) is 6.33 Å². The van der Waals surface area contributed by atoms with Crippen LogP contribution in [-0.2, 0) is 13.2 Å². The van der Waals surface area contributed by atoms with E-state index in [4.69, 9.17) is 10.5 Å². The highest BCUT2D eigenvalue weighted by atomic mass is 79.9. The van der Waals surface area contributed by atoms with E-state index in [1.165, 1.54) is 0 Å². The average molecular weight is 339 g/mol. The van der Waals surface area contributed by atoms with Crippen LogP contribution in [0.25, 0.3) is 0 Å². The number of hydrogen-bond donors (Lipinski definition) is 1. The van der Waals surface area contributed by atoms with E-state index in [0.29, 0.717) is 6.61 Å². The largest absolute Gasteiger partial charge is 0.485 e. The van der Waals surface area contributed by atoms with Crippen molar-refractivity contribution in [1.29, 1.82) is 0 Å². The maximum atomic E-state index is 5.98. The van der Waals surface area contributed by atoms with Gasteiger partial charge in [-0.05, 0) is 31.5 Å². The fourth-order valence-electron chi connectivity index (χ4n) is 1.95. The third-order valence-electron chi connectivity index (χ3n) is 2.95. The number of halogens is 1. The molecule has 1 aromatic carbocycles. The first kappa shape index (κ1) is 15.0. The highest BCUT2D eigenvalue weighted by Crippen LogP contribution is 2.28. The fourth-order valence-corrected chi connectivity index (χ4v) is 2.33. The number of aromatic nitrogens is 3. The molecule has 0 aliphatic carbocycles.